The number of thioether (sulfide) groups is 1. The average molecular weight is 434 g/mol. The van der Waals surface area contributed by atoms with Gasteiger partial charge in [-0.05, 0) is 49.4 Å². The van der Waals surface area contributed by atoms with E-state index in [4.69, 9.17) is 0 Å². The van der Waals surface area contributed by atoms with E-state index >= 15 is 0 Å². The zero-order valence-corrected chi connectivity index (χ0v) is 18.2. The lowest BCUT2D eigenvalue weighted by Crippen LogP contribution is -2.36. The fourth-order valence-electron chi connectivity index (χ4n) is 3.58. The minimum absolute atomic E-state index is 0.137. The minimum atomic E-state index is -0.261. The summed E-state index contributed by atoms with van der Waals surface area (Å²) in [6.07, 6.45) is 4.31. The molecule has 6 nitrogen and oxygen atoms in total. The number of hydrogen-bond acceptors (Lipinski definition) is 4. The van der Waals surface area contributed by atoms with Gasteiger partial charge < -0.3 is 9.88 Å². The molecule has 1 aliphatic rings. The molecule has 31 heavy (non-hydrogen) atoms. The van der Waals surface area contributed by atoms with Crippen molar-refractivity contribution in [1.82, 2.24) is 9.47 Å². The maximum Gasteiger partial charge on any atom is 0.293 e. The molecule has 1 unspecified atom stereocenters. The van der Waals surface area contributed by atoms with Gasteiger partial charge in [-0.2, -0.15) is 0 Å². The number of hydrogen-bond donors (Lipinski definition) is 1. The molecule has 1 N–H and O–H groups in total. The molecule has 7 heteroatoms. The number of benzene rings is 2. The number of amides is 3. The van der Waals surface area contributed by atoms with E-state index in [0.717, 1.165) is 33.9 Å². The second-order valence-electron chi connectivity index (χ2n) is 7.45. The number of nitrogens with zero attached hydrogens (tertiary/aromatic N) is 2. The molecule has 158 valence electrons. The van der Waals surface area contributed by atoms with E-state index < -0.39 is 0 Å². The summed E-state index contributed by atoms with van der Waals surface area (Å²) < 4.78 is 1.86. The molecule has 2 aromatic carbocycles. The minimum Gasteiger partial charge on any atom is -0.337 e. The summed E-state index contributed by atoms with van der Waals surface area (Å²) in [5.41, 5.74) is 2.43. The quantitative estimate of drug-likeness (QED) is 0.548. The monoisotopic (exact) mass is 433 g/mol. The van der Waals surface area contributed by atoms with E-state index in [1.54, 1.807) is 6.08 Å². The molecule has 0 bridgehead atoms. The number of nitrogens with one attached hydrogen (secondary N) is 1. The highest BCUT2D eigenvalue weighted by atomic mass is 32.2. The number of rotatable bonds is 6. The predicted molar refractivity (Wildman–Crippen MR) is 125 cm³/mol. The van der Waals surface area contributed by atoms with E-state index in [0.29, 0.717) is 11.3 Å². The third kappa shape index (κ3) is 4.27. The second kappa shape index (κ2) is 8.81. The van der Waals surface area contributed by atoms with Crippen LogP contribution in [-0.4, -0.2) is 32.6 Å². The van der Waals surface area contributed by atoms with Crippen LogP contribution in [0.1, 0.15) is 25.8 Å². The van der Waals surface area contributed by atoms with Gasteiger partial charge in [0.25, 0.3) is 11.1 Å². The Bertz CT molecular complexity index is 1180. The van der Waals surface area contributed by atoms with Crippen molar-refractivity contribution in [2.24, 2.45) is 0 Å². The van der Waals surface area contributed by atoms with Crippen molar-refractivity contribution in [3.8, 4) is 0 Å². The van der Waals surface area contributed by atoms with Crippen molar-refractivity contribution >= 4 is 51.5 Å². The molecule has 0 aliphatic carbocycles. The Morgan fingerprint density at radius 2 is 1.81 bits per heavy atom. The van der Waals surface area contributed by atoms with Crippen LogP contribution in [0.3, 0.4) is 0 Å². The Kier molecular flexibility index (Phi) is 5.95. The molecule has 1 saturated heterocycles. The average Bonchev–Trinajstić information content (AvgIpc) is 3.25. The zero-order chi connectivity index (χ0) is 22.0. The molecule has 0 saturated carbocycles. The van der Waals surface area contributed by atoms with Gasteiger partial charge >= 0.3 is 0 Å². The van der Waals surface area contributed by atoms with Gasteiger partial charge in [-0.3, -0.25) is 19.3 Å². The van der Waals surface area contributed by atoms with Gasteiger partial charge in [-0.1, -0.05) is 43.3 Å². The number of anilines is 1. The molecule has 1 aliphatic heterocycles. The van der Waals surface area contributed by atoms with Crippen molar-refractivity contribution in [2.75, 3.05) is 5.32 Å². The summed E-state index contributed by atoms with van der Waals surface area (Å²) in [4.78, 5) is 39.4. The molecule has 0 radical (unpaired) electrons. The van der Waals surface area contributed by atoms with Gasteiger partial charge in [0.1, 0.15) is 6.54 Å². The maximum absolute atomic E-state index is 12.8. The summed E-state index contributed by atoms with van der Waals surface area (Å²) in [7, 11) is 0. The summed E-state index contributed by atoms with van der Waals surface area (Å²) in [5, 5.41) is 3.57. The fraction of sp³-hybridized carbons (Fsp3) is 0.208. The topological polar surface area (TPSA) is 71.4 Å². The molecule has 1 atom stereocenters. The maximum atomic E-state index is 12.8. The standard InChI is InChI=1S/C24H23N3O3S/c1-3-16(2)27-23(29)21(31-24(27)30)13-17-14-26(20-12-8-7-11-19(17)20)15-22(28)25-18-9-5-4-6-10-18/h4-14,16H,3,15H2,1-2H3,(H,25,28). The number of carbonyl (C=O) groups is 3. The van der Waals surface area contributed by atoms with E-state index in [2.05, 4.69) is 5.32 Å². The molecule has 3 amide bonds. The largest absolute Gasteiger partial charge is 0.337 e. The third-order valence-electron chi connectivity index (χ3n) is 5.33. The normalized spacial score (nSPS) is 16.3. The molecular weight excluding hydrogens is 410 g/mol. The van der Waals surface area contributed by atoms with Gasteiger partial charge in [0.15, 0.2) is 0 Å². The summed E-state index contributed by atoms with van der Waals surface area (Å²) in [6.45, 7) is 3.96. The smallest absolute Gasteiger partial charge is 0.293 e. The van der Waals surface area contributed by atoms with E-state index in [1.807, 2.05) is 79.2 Å². The highest BCUT2D eigenvalue weighted by Gasteiger charge is 2.37. The van der Waals surface area contributed by atoms with Crippen molar-refractivity contribution in [3.05, 3.63) is 71.3 Å². The van der Waals surface area contributed by atoms with Gasteiger partial charge in [0.2, 0.25) is 5.91 Å². The zero-order valence-electron chi connectivity index (χ0n) is 17.4. The summed E-state index contributed by atoms with van der Waals surface area (Å²) >= 11 is 0.964. The van der Waals surface area contributed by atoms with E-state index in [9.17, 15) is 14.4 Å². The lowest BCUT2D eigenvalue weighted by Gasteiger charge is -2.19. The van der Waals surface area contributed by atoms with Crippen LogP contribution in [0.4, 0.5) is 10.5 Å². The lowest BCUT2D eigenvalue weighted by atomic mass is 10.1. The first kappa shape index (κ1) is 20.9. The molecule has 0 spiro atoms. The molecule has 3 aromatic rings. The predicted octanol–water partition coefficient (Wildman–Crippen LogP) is 5.11. The van der Waals surface area contributed by atoms with Crippen molar-refractivity contribution in [1.29, 1.82) is 0 Å². The van der Waals surface area contributed by atoms with Gasteiger partial charge in [-0.25, -0.2) is 0 Å². The first-order valence-corrected chi connectivity index (χ1v) is 11.0. The Labute approximate surface area is 184 Å². The van der Waals surface area contributed by atoms with E-state index in [-0.39, 0.29) is 29.6 Å². The Morgan fingerprint density at radius 3 is 2.55 bits per heavy atom. The highest BCUT2D eigenvalue weighted by molar-refractivity contribution is 8.18. The van der Waals surface area contributed by atoms with Crippen molar-refractivity contribution < 1.29 is 14.4 Å². The molecular formula is C24H23N3O3S. The van der Waals surface area contributed by atoms with Crippen LogP contribution in [-0.2, 0) is 16.1 Å². The molecule has 4 rings (SSSR count). The number of fused-ring (bicyclic) bond motifs is 1. The van der Waals surface area contributed by atoms with Crippen molar-refractivity contribution in [3.63, 3.8) is 0 Å². The SMILES string of the molecule is CCC(C)N1C(=O)SC(=Cc2cn(CC(=O)Nc3ccccc3)c3ccccc23)C1=O. The lowest BCUT2D eigenvalue weighted by molar-refractivity contribution is -0.124. The fourth-order valence-corrected chi connectivity index (χ4v) is 4.50. The highest BCUT2D eigenvalue weighted by Crippen LogP contribution is 2.35. The molecule has 2 heterocycles. The summed E-state index contributed by atoms with van der Waals surface area (Å²) in [5.74, 6) is -0.404. The van der Waals surface area contributed by atoms with Gasteiger partial charge in [0.05, 0.1) is 4.91 Å². The van der Waals surface area contributed by atoms with Gasteiger partial charge in [0, 0.05) is 34.4 Å². The molecule has 1 fully saturated rings. The van der Waals surface area contributed by atoms with Crippen LogP contribution in [0.15, 0.2) is 65.7 Å². The number of para-hydroxylation sites is 2. The summed E-state index contributed by atoms with van der Waals surface area (Å²) in [6, 6.07) is 16.9. The van der Waals surface area contributed by atoms with Gasteiger partial charge in [-0.15, -0.1) is 0 Å². The third-order valence-corrected chi connectivity index (χ3v) is 6.22. The Balaban J connectivity index is 1.63. The van der Waals surface area contributed by atoms with Crippen LogP contribution in [0, 0.1) is 0 Å². The Morgan fingerprint density at radius 1 is 1.10 bits per heavy atom. The van der Waals surface area contributed by atoms with Crippen LogP contribution < -0.4 is 5.32 Å². The Hall–Kier alpha value is -3.32. The number of imide groups is 1. The van der Waals surface area contributed by atoms with E-state index in [1.165, 1.54) is 4.90 Å². The van der Waals surface area contributed by atoms with Crippen LogP contribution >= 0.6 is 11.8 Å². The number of aromatic nitrogens is 1. The van der Waals surface area contributed by atoms with Crippen molar-refractivity contribution in [2.45, 2.75) is 32.9 Å². The van der Waals surface area contributed by atoms with Crippen LogP contribution in [0.25, 0.3) is 17.0 Å². The van der Waals surface area contributed by atoms with Crippen LogP contribution in [0.2, 0.25) is 0 Å². The first-order chi connectivity index (χ1) is 15.0. The number of carbonyl (C=O) groups excluding carboxylic acids is 3. The first-order valence-electron chi connectivity index (χ1n) is 10.2. The molecule has 1 aromatic heterocycles. The van der Waals surface area contributed by atoms with Crippen LogP contribution in [0.5, 0.6) is 0 Å². The second-order valence-corrected chi connectivity index (χ2v) is 8.45.